The SMILES string of the molecule is CC(=O)N[C@@H]1[C@@H](OC(=S)n2ccnc2)[C@@H]2OC3(CCCCC3)O[C@@H]2[C@H]1O[C@@H]1O[C@H](COC(C)=O)[C@@H](OC(C)=O)[C@H](OC(C)=O)[C@H]1OC(C)=O. The van der Waals surface area contributed by atoms with Gasteiger partial charge in [-0.2, -0.15) is 0 Å². The highest BCUT2D eigenvalue weighted by atomic mass is 32.1. The van der Waals surface area contributed by atoms with E-state index in [1.807, 2.05) is 0 Å². The summed E-state index contributed by atoms with van der Waals surface area (Å²) in [5.41, 5.74) is 0. The van der Waals surface area contributed by atoms with Crippen molar-refractivity contribution >= 4 is 47.2 Å². The van der Waals surface area contributed by atoms with Gasteiger partial charge in [0.05, 0.1) is 6.04 Å². The van der Waals surface area contributed by atoms with Crippen molar-refractivity contribution < 1.29 is 66.6 Å². The van der Waals surface area contributed by atoms with E-state index in [2.05, 4.69) is 10.3 Å². The maximum absolute atomic E-state index is 12.6. The molecule has 10 atom stereocenters. The summed E-state index contributed by atoms with van der Waals surface area (Å²) in [6.45, 7) is 5.41. The fraction of sp³-hybridized carbons (Fsp3) is 0.710. The van der Waals surface area contributed by atoms with E-state index >= 15 is 0 Å². The molecule has 2 saturated heterocycles. The molecule has 4 fully saturated rings. The lowest BCUT2D eigenvalue weighted by Crippen LogP contribution is -2.64. The number of nitrogens with one attached hydrogen (secondary N) is 1. The Kier molecular flexibility index (Phi) is 11.5. The lowest BCUT2D eigenvalue weighted by atomic mass is 9.94. The molecule has 2 aliphatic heterocycles. The van der Waals surface area contributed by atoms with Crippen LogP contribution in [0, 0.1) is 0 Å². The molecule has 0 aromatic carbocycles. The predicted molar refractivity (Wildman–Crippen MR) is 165 cm³/mol. The number of thiocarbonyl (C=S) groups is 1. The number of hydrogen-bond acceptors (Lipinski definition) is 16. The fourth-order valence-corrected chi connectivity index (χ4v) is 7.01. The van der Waals surface area contributed by atoms with Crippen LogP contribution in [0.5, 0.6) is 0 Å². The first-order valence-electron chi connectivity index (χ1n) is 16.0. The Bertz CT molecular complexity index is 1400. The van der Waals surface area contributed by atoms with Gasteiger partial charge in [0.1, 0.15) is 37.4 Å². The number of fused-ring (bicyclic) bond motifs is 1. The summed E-state index contributed by atoms with van der Waals surface area (Å²) >= 11 is 5.56. The van der Waals surface area contributed by atoms with E-state index in [1.165, 1.54) is 30.9 Å². The molecule has 5 rings (SSSR count). The summed E-state index contributed by atoms with van der Waals surface area (Å²) in [6, 6.07) is -0.971. The average molecular weight is 712 g/mol. The summed E-state index contributed by atoms with van der Waals surface area (Å²) in [4.78, 5) is 65.4. The number of carbonyl (C=O) groups is 5. The zero-order valence-corrected chi connectivity index (χ0v) is 28.6. The van der Waals surface area contributed by atoms with Crippen LogP contribution in [0.3, 0.4) is 0 Å². The first kappa shape index (κ1) is 36.6. The fourth-order valence-electron chi connectivity index (χ4n) is 6.79. The second-order valence-corrected chi connectivity index (χ2v) is 12.7. The molecule has 3 heterocycles. The van der Waals surface area contributed by atoms with E-state index in [0.29, 0.717) is 12.8 Å². The molecule has 1 aromatic heterocycles. The van der Waals surface area contributed by atoms with Gasteiger partial charge in [0, 0.05) is 59.9 Å². The molecule has 1 spiro atoms. The van der Waals surface area contributed by atoms with E-state index in [-0.39, 0.29) is 5.17 Å². The summed E-state index contributed by atoms with van der Waals surface area (Å²) < 4.78 is 55.7. The van der Waals surface area contributed by atoms with Crippen LogP contribution in [0.1, 0.15) is 66.7 Å². The van der Waals surface area contributed by atoms with Crippen LogP contribution >= 0.6 is 12.2 Å². The number of esters is 4. The maximum atomic E-state index is 12.6. The van der Waals surface area contributed by atoms with Crippen molar-refractivity contribution in [3.63, 3.8) is 0 Å². The van der Waals surface area contributed by atoms with Crippen molar-refractivity contribution in [2.75, 3.05) is 6.61 Å². The maximum Gasteiger partial charge on any atom is 0.303 e. The molecule has 17 nitrogen and oxygen atoms in total. The molecule has 1 N–H and O–H groups in total. The largest absolute Gasteiger partial charge is 0.463 e. The zero-order valence-electron chi connectivity index (χ0n) is 27.8. The van der Waals surface area contributed by atoms with Gasteiger partial charge < -0.3 is 47.9 Å². The Labute approximate surface area is 287 Å². The van der Waals surface area contributed by atoms with E-state index in [9.17, 15) is 24.0 Å². The molecule has 4 aliphatic rings. The highest BCUT2D eigenvalue weighted by molar-refractivity contribution is 7.80. The highest BCUT2D eigenvalue weighted by Crippen LogP contribution is 2.48. The molecular formula is C31H41N3O14S. The summed E-state index contributed by atoms with van der Waals surface area (Å²) in [7, 11) is 0. The van der Waals surface area contributed by atoms with Crippen molar-refractivity contribution in [1.82, 2.24) is 14.9 Å². The van der Waals surface area contributed by atoms with Crippen molar-refractivity contribution in [2.24, 2.45) is 0 Å². The molecule has 0 unspecified atom stereocenters. The molecule has 2 saturated carbocycles. The second-order valence-electron chi connectivity index (χ2n) is 12.3. The van der Waals surface area contributed by atoms with Crippen molar-refractivity contribution in [3.05, 3.63) is 18.7 Å². The third-order valence-corrected chi connectivity index (χ3v) is 8.86. The third kappa shape index (κ3) is 8.54. The number of rotatable bonds is 9. The van der Waals surface area contributed by atoms with Gasteiger partial charge in [0.15, 0.2) is 36.5 Å². The molecule has 1 aromatic rings. The van der Waals surface area contributed by atoms with Crippen LogP contribution in [0.25, 0.3) is 0 Å². The van der Waals surface area contributed by atoms with Gasteiger partial charge in [-0.3, -0.25) is 28.5 Å². The van der Waals surface area contributed by atoms with Crippen LogP contribution < -0.4 is 5.32 Å². The number of aromatic nitrogens is 2. The van der Waals surface area contributed by atoms with Gasteiger partial charge in [-0.1, -0.05) is 6.42 Å². The molecule has 0 radical (unpaired) electrons. The van der Waals surface area contributed by atoms with Crippen LogP contribution in [-0.4, -0.2) is 118 Å². The van der Waals surface area contributed by atoms with Gasteiger partial charge in [0.2, 0.25) is 5.91 Å². The molecule has 49 heavy (non-hydrogen) atoms. The van der Waals surface area contributed by atoms with Crippen LogP contribution in [0.15, 0.2) is 18.7 Å². The second kappa shape index (κ2) is 15.5. The Balaban J connectivity index is 1.54. The number of imidazole rings is 1. The molecular weight excluding hydrogens is 670 g/mol. The number of hydrogen-bond donors (Lipinski definition) is 1. The number of amides is 1. The number of ether oxygens (including phenoxy) is 9. The first-order chi connectivity index (χ1) is 23.3. The minimum Gasteiger partial charge on any atom is -0.463 e. The lowest BCUT2D eigenvalue weighted by Gasteiger charge is -2.45. The lowest BCUT2D eigenvalue weighted by molar-refractivity contribution is -0.325. The van der Waals surface area contributed by atoms with E-state index in [4.69, 9.17) is 54.8 Å². The van der Waals surface area contributed by atoms with E-state index in [0.717, 1.165) is 40.0 Å². The Morgan fingerprint density at radius 1 is 0.816 bits per heavy atom. The quantitative estimate of drug-likeness (QED) is 0.215. The monoisotopic (exact) mass is 711 g/mol. The Morgan fingerprint density at radius 2 is 1.43 bits per heavy atom. The minimum absolute atomic E-state index is 0.0257. The summed E-state index contributed by atoms with van der Waals surface area (Å²) in [6.07, 6.45) is -2.32. The predicted octanol–water partition coefficient (Wildman–Crippen LogP) is 0.832. The van der Waals surface area contributed by atoms with Gasteiger partial charge >= 0.3 is 23.9 Å². The summed E-state index contributed by atoms with van der Waals surface area (Å²) in [5.74, 6) is -4.41. The highest BCUT2D eigenvalue weighted by Gasteiger charge is 2.65. The third-order valence-electron chi connectivity index (χ3n) is 8.56. The van der Waals surface area contributed by atoms with Crippen molar-refractivity contribution in [2.45, 2.75) is 134 Å². The molecule has 18 heteroatoms. The topological polar surface area (TPSA) is 198 Å². The minimum atomic E-state index is -1.55. The van der Waals surface area contributed by atoms with Gasteiger partial charge in [-0.05, 0) is 25.1 Å². The van der Waals surface area contributed by atoms with Crippen LogP contribution in [0.4, 0.5) is 0 Å². The Morgan fingerprint density at radius 3 is 2.00 bits per heavy atom. The Hall–Kier alpha value is -3.71. The molecule has 1 amide bonds. The molecule has 0 bridgehead atoms. The number of carbonyl (C=O) groups excluding carboxylic acids is 5. The normalized spacial score (nSPS) is 33.2. The van der Waals surface area contributed by atoms with Gasteiger partial charge in [0.25, 0.3) is 5.17 Å². The standard InChI is InChI=1S/C31H41N3O14S/c1-15(35)33-21-23(26-27(48-31(47-26)9-7-6-8-10-31)24(21)46-30(49)34-12-11-32-14-34)45-29-28(43-19(5)39)25(42-18(4)38)22(41-17(3)37)20(44-29)13-40-16(2)36/h11-12,14,20-29H,6-10,13H2,1-5H3,(H,33,35)/t20-,21+,22-,23+,24-,25+,26-,27+,28-,29+/m1/s1. The number of nitrogens with zero attached hydrogens (tertiary/aromatic N) is 2. The zero-order chi connectivity index (χ0) is 35.5. The van der Waals surface area contributed by atoms with Crippen molar-refractivity contribution in [3.8, 4) is 0 Å². The average Bonchev–Trinajstić information content (AvgIpc) is 3.73. The van der Waals surface area contributed by atoms with E-state index < -0.39 is 103 Å². The first-order valence-corrected chi connectivity index (χ1v) is 16.5. The van der Waals surface area contributed by atoms with Gasteiger partial charge in [-0.15, -0.1) is 0 Å². The summed E-state index contributed by atoms with van der Waals surface area (Å²) in [5, 5.41) is 2.89. The van der Waals surface area contributed by atoms with Crippen molar-refractivity contribution in [1.29, 1.82) is 0 Å². The van der Waals surface area contributed by atoms with E-state index in [1.54, 1.807) is 6.20 Å². The molecule has 2 aliphatic carbocycles. The van der Waals surface area contributed by atoms with Crippen LogP contribution in [-0.2, 0) is 66.6 Å². The smallest absolute Gasteiger partial charge is 0.303 e. The van der Waals surface area contributed by atoms with Crippen LogP contribution in [0.2, 0.25) is 0 Å². The molecule has 270 valence electrons. The van der Waals surface area contributed by atoms with Gasteiger partial charge in [-0.25, -0.2) is 4.98 Å².